The predicted octanol–water partition coefficient (Wildman–Crippen LogP) is 1.32. The summed E-state index contributed by atoms with van der Waals surface area (Å²) in [6.07, 6.45) is 5.20. The molecule has 0 bridgehead atoms. The molecule has 0 unspecified atom stereocenters. The number of hydrogen-bond acceptors (Lipinski definition) is 2. The summed E-state index contributed by atoms with van der Waals surface area (Å²) < 4.78 is 10.3. The van der Waals surface area contributed by atoms with Crippen LogP contribution in [0.1, 0.15) is 13.3 Å². The Morgan fingerprint density at radius 2 is 2.44 bits per heavy atom. The van der Waals surface area contributed by atoms with Crippen LogP contribution in [0.25, 0.3) is 0 Å². The maximum absolute atomic E-state index is 5.33. The minimum Gasteiger partial charge on any atom is -0.352 e. The molecule has 1 aliphatic heterocycles. The van der Waals surface area contributed by atoms with Gasteiger partial charge in [0.05, 0.1) is 6.10 Å². The Balaban J connectivity index is 2.39. The molecule has 0 radical (unpaired) electrons. The van der Waals surface area contributed by atoms with Crippen molar-refractivity contribution in [2.24, 2.45) is 0 Å². The third-order valence-electron chi connectivity index (χ3n) is 1.36. The Hall–Kier alpha value is -0.340. The first-order chi connectivity index (χ1) is 4.33. The highest BCUT2D eigenvalue weighted by Crippen LogP contribution is 2.10. The van der Waals surface area contributed by atoms with Gasteiger partial charge >= 0.3 is 0 Å². The van der Waals surface area contributed by atoms with E-state index in [0.29, 0.717) is 6.10 Å². The summed E-state index contributed by atoms with van der Waals surface area (Å²) in [5, 5.41) is 0. The normalized spacial score (nSPS) is 34.9. The van der Waals surface area contributed by atoms with Crippen molar-refractivity contribution in [3.05, 3.63) is 12.2 Å². The van der Waals surface area contributed by atoms with Crippen molar-refractivity contribution in [1.82, 2.24) is 0 Å². The average Bonchev–Trinajstić information content (AvgIpc) is 1.88. The summed E-state index contributed by atoms with van der Waals surface area (Å²) in [7, 11) is 1.65. The molecule has 0 amide bonds. The van der Waals surface area contributed by atoms with Gasteiger partial charge in [-0.1, -0.05) is 6.08 Å². The summed E-state index contributed by atoms with van der Waals surface area (Å²) in [5.41, 5.74) is 0. The summed E-state index contributed by atoms with van der Waals surface area (Å²) in [6.45, 7) is 2.04. The first-order valence-corrected chi connectivity index (χ1v) is 3.18. The van der Waals surface area contributed by atoms with E-state index in [0.717, 1.165) is 6.42 Å². The summed E-state index contributed by atoms with van der Waals surface area (Å²) >= 11 is 0. The Morgan fingerprint density at radius 1 is 1.67 bits per heavy atom. The lowest BCUT2D eigenvalue weighted by Crippen LogP contribution is -2.22. The highest BCUT2D eigenvalue weighted by atomic mass is 16.7. The van der Waals surface area contributed by atoms with Gasteiger partial charge in [-0.3, -0.25) is 0 Å². The molecular formula is C7H12O2. The molecule has 0 spiro atoms. The van der Waals surface area contributed by atoms with Crippen molar-refractivity contribution in [3.63, 3.8) is 0 Å². The number of methoxy groups -OCH3 is 1. The molecule has 1 rings (SSSR count). The molecule has 0 fully saturated rings. The van der Waals surface area contributed by atoms with E-state index in [9.17, 15) is 0 Å². The van der Waals surface area contributed by atoms with E-state index in [1.54, 1.807) is 7.11 Å². The largest absolute Gasteiger partial charge is 0.352 e. The standard InChI is InChI=1S/C7H12O2/c1-6-4-3-5-7(8-2)9-6/h3,5-7H,4H2,1-2H3/t6-,7+/m1/s1. The quantitative estimate of drug-likeness (QED) is 0.496. The van der Waals surface area contributed by atoms with E-state index in [4.69, 9.17) is 9.47 Å². The van der Waals surface area contributed by atoms with Crippen molar-refractivity contribution < 1.29 is 9.47 Å². The van der Waals surface area contributed by atoms with Gasteiger partial charge in [0.2, 0.25) is 0 Å². The maximum Gasteiger partial charge on any atom is 0.176 e. The molecule has 0 aromatic carbocycles. The van der Waals surface area contributed by atoms with Crippen LogP contribution >= 0.6 is 0 Å². The first-order valence-electron chi connectivity index (χ1n) is 3.18. The Morgan fingerprint density at radius 3 is 2.89 bits per heavy atom. The zero-order valence-corrected chi connectivity index (χ0v) is 5.83. The number of rotatable bonds is 1. The van der Waals surface area contributed by atoms with Crippen LogP contribution < -0.4 is 0 Å². The molecule has 9 heavy (non-hydrogen) atoms. The highest BCUT2D eigenvalue weighted by Gasteiger charge is 2.11. The van der Waals surface area contributed by atoms with E-state index in [-0.39, 0.29) is 6.29 Å². The SMILES string of the molecule is CO[C@@H]1C=CC[C@@H](C)O1. The van der Waals surface area contributed by atoms with Crippen LogP contribution in [-0.2, 0) is 9.47 Å². The van der Waals surface area contributed by atoms with Gasteiger partial charge < -0.3 is 9.47 Å². The maximum atomic E-state index is 5.33. The fourth-order valence-corrected chi connectivity index (χ4v) is 0.845. The molecule has 52 valence electrons. The van der Waals surface area contributed by atoms with E-state index < -0.39 is 0 Å². The lowest BCUT2D eigenvalue weighted by molar-refractivity contribution is -0.125. The van der Waals surface area contributed by atoms with E-state index in [1.807, 2.05) is 13.0 Å². The fourth-order valence-electron chi connectivity index (χ4n) is 0.845. The third kappa shape index (κ3) is 1.80. The number of ether oxygens (including phenoxy) is 2. The second-order valence-electron chi connectivity index (χ2n) is 2.21. The van der Waals surface area contributed by atoms with Gasteiger partial charge in [-0.15, -0.1) is 0 Å². The van der Waals surface area contributed by atoms with Gasteiger partial charge in [0.25, 0.3) is 0 Å². The Labute approximate surface area is 55.5 Å². The number of hydrogen-bond donors (Lipinski definition) is 0. The van der Waals surface area contributed by atoms with Crippen LogP contribution in [0.15, 0.2) is 12.2 Å². The van der Waals surface area contributed by atoms with E-state index >= 15 is 0 Å². The molecular weight excluding hydrogens is 116 g/mol. The van der Waals surface area contributed by atoms with Gasteiger partial charge in [-0.05, 0) is 19.4 Å². The monoisotopic (exact) mass is 128 g/mol. The average molecular weight is 128 g/mol. The lowest BCUT2D eigenvalue weighted by Gasteiger charge is -2.21. The zero-order chi connectivity index (χ0) is 6.69. The van der Waals surface area contributed by atoms with Crippen LogP contribution in [0.5, 0.6) is 0 Å². The minimum atomic E-state index is -0.117. The van der Waals surface area contributed by atoms with Crippen LogP contribution in [0.2, 0.25) is 0 Å². The summed E-state index contributed by atoms with van der Waals surface area (Å²) in [5.74, 6) is 0. The molecule has 0 aromatic heterocycles. The smallest absolute Gasteiger partial charge is 0.176 e. The van der Waals surface area contributed by atoms with Crippen LogP contribution in [0.4, 0.5) is 0 Å². The fraction of sp³-hybridized carbons (Fsp3) is 0.714. The predicted molar refractivity (Wildman–Crippen MR) is 35.1 cm³/mol. The van der Waals surface area contributed by atoms with Crippen molar-refractivity contribution in [3.8, 4) is 0 Å². The first kappa shape index (κ1) is 6.78. The van der Waals surface area contributed by atoms with Crippen molar-refractivity contribution >= 4 is 0 Å². The molecule has 2 atom stereocenters. The van der Waals surface area contributed by atoms with Gasteiger partial charge in [0.1, 0.15) is 0 Å². The van der Waals surface area contributed by atoms with Gasteiger partial charge in [0.15, 0.2) is 6.29 Å². The zero-order valence-electron chi connectivity index (χ0n) is 5.83. The summed E-state index contributed by atoms with van der Waals surface area (Å²) in [6, 6.07) is 0. The topological polar surface area (TPSA) is 18.5 Å². The van der Waals surface area contributed by atoms with Gasteiger partial charge in [-0.25, -0.2) is 0 Å². The lowest BCUT2D eigenvalue weighted by atomic mass is 10.2. The molecule has 0 saturated heterocycles. The molecule has 2 nitrogen and oxygen atoms in total. The minimum absolute atomic E-state index is 0.117. The second-order valence-corrected chi connectivity index (χ2v) is 2.21. The van der Waals surface area contributed by atoms with Crippen molar-refractivity contribution in [2.45, 2.75) is 25.7 Å². The van der Waals surface area contributed by atoms with Crippen LogP contribution in [0, 0.1) is 0 Å². The van der Waals surface area contributed by atoms with Crippen molar-refractivity contribution in [2.75, 3.05) is 7.11 Å². The second kappa shape index (κ2) is 2.99. The van der Waals surface area contributed by atoms with Crippen LogP contribution in [0.3, 0.4) is 0 Å². The molecule has 1 heterocycles. The Kier molecular flexibility index (Phi) is 2.25. The van der Waals surface area contributed by atoms with Gasteiger partial charge in [0, 0.05) is 7.11 Å². The molecule has 2 heteroatoms. The van der Waals surface area contributed by atoms with E-state index in [2.05, 4.69) is 6.08 Å². The Bertz CT molecular complexity index is 109. The molecule has 0 aromatic rings. The highest BCUT2D eigenvalue weighted by molar-refractivity contribution is 4.91. The van der Waals surface area contributed by atoms with Gasteiger partial charge in [-0.2, -0.15) is 0 Å². The third-order valence-corrected chi connectivity index (χ3v) is 1.36. The van der Waals surface area contributed by atoms with E-state index in [1.165, 1.54) is 0 Å². The van der Waals surface area contributed by atoms with Crippen LogP contribution in [-0.4, -0.2) is 19.5 Å². The summed E-state index contributed by atoms with van der Waals surface area (Å²) in [4.78, 5) is 0. The van der Waals surface area contributed by atoms with Crippen molar-refractivity contribution in [1.29, 1.82) is 0 Å². The molecule has 0 N–H and O–H groups in total. The molecule has 1 aliphatic rings. The molecule has 0 aliphatic carbocycles. The molecule has 0 saturated carbocycles.